The maximum atomic E-state index is 6.01. The molecular weight excluding hydrogens is 174 g/mol. The van der Waals surface area contributed by atoms with Crippen LogP contribution in [0.2, 0.25) is 0 Å². The zero-order valence-corrected chi connectivity index (χ0v) is 9.04. The summed E-state index contributed by atoms with van der Waals surface area (Å²) < 4.78 is 5.52. The van der Waals surface area contributed by atoms with Crippen LogP contribution in [0.3, 0.4) is 0 Å². The van der Waals surface area contributed by atoms with Crippen molar-refractivity contribution in [3.05, 3.63) is 11.6 Å². The molecule has 0 bridgehead atoms. The first-order chi connectivity index (χ1) is 6.75. The van der Waals surface area contributed by atoms with E-state index in [-0.39, 0.29) is 6.04 Å². The molecule has 1 aliphatic carbocycles. The van der Waals surface area contributed by atoms with Crippen LogP contribution >= 0.6 is 0 Å². The van der Waals surface area contributed by atoms with E-state index in [1.54, 1.807) is 5.57 Å². The lowest BCUT2D eigenvalue weighted by molar-refractivity contribution is 0.0647. The smallest absolute Gasteiger partial charge is 0.0531 e. The van der Waals surface area contributed by atoms with Crippen LogP contribution in [0.5, 0.6) is 0 Å². The molecule has 0 aromatic rings. The van der Waals surface area contributed by atoms with Crippen LogP contribution in [0, 0.1) is 11.8 Å². The molecule has 1 heterocycles. The van der Waals surface area contributed by atoms with Crippen molar-refractivity contribution in [3.8, 4) is 0 Å². The van der Waals surface area contributed by atoms with Gasteiger partial charge in [-0.25, -0.2) is 0 Å². The zero-order chi connectivity index (χ0) is 9.97. The Labute approximate surface area is 86.5 Å². The molecule has 0 amide bonds. The molecule has 14 heavy (non-hydrogen) atoms. The predicted molar refractivity (Wildman–Crippen MR) is 58.0 cm³/mol. The highest BCUT2D eigenvalue weighted by molar-refractivity contribution is 5.15. The number of ether oxygens (including phenoxy) is 1. The fourth-order valence-electron chi connectivity index (χ4n) is 2.70. The van der Waals surface area contributed by atoms with Crippen molar-refractivity contribution in [2.75, 3.05) is 13.2 Å². The van der Waals surface area contributed by atoms with E-state index in [1.807, 2.05) is 0 Å². The molecule has 0 aromatic carbocycles. The Bertz CT molecular complexity index is 218. The van der Waals surface area contributed by atoms with Gasteiger partial charge in [-0.3, -0.25) is 0 Å². The highest BCUT2D eigenvalue weighted by Gasteiger charge is 2.24. The van der Waals surface area contributed by atoms with Gasteiger partial charge in [0.15, 0.2) is 0 Å². The van der Waals surface area contributed by atoms with Gasteiger partial charge in [0, 0.05) is 18.6 Å². The van der Waals surface area contributed by atoms with E-state index in [4.69, 9.17) is 10.5 Å². The van der Waals surface area contributed by atoms with Gasteiger partial charge in [0.1, 0.15) is 0 Å². The van der Waals surface area contributed by atoms with Gasteiger partial charge in [-0.2, -0.15) is 0 Å². The molecule has 0 radical (unpaired) electrons. The third kappa shape index (κ3) is 2.37. The molecule has 0 spiro atoms. The maximum absolute atomic E-state index is 6.01. The van der Waals surface area contributed by atoms with Crippen LogP contribution in [0.1, 0.15) is 32.6 Å². The molecule has 80 valence electrons. The first-order valence-corrected chi connectivity index (χ1v) is 5.79. The highest BCUT2D eigenvalue weighted by Crippen LogP contribution is 2.32. The van der Waals surface area contributed by atoms with Crippen LogP contribution in [0.15, 0.2) is 11.6 Å². The van der Waals surface area contributed by atoms with Crippen molar-refractivity contribution in [2.45, 2.75) is 38.6 Å². The molecule has 2 nitrogen and oxygen atoms in total. The Balaban J connectivity index is 2.01. The Kier molecular flexibility index (Phi) is 3.24. The van der Waals surface area contributed by atoms with E-state index in [0.717, 1.165) is 25.6 Å². The van der Waals surface area contributed by atoms with Crippen LogP contribution < -0.4 is 5.73 Å². The van der Waals surface area contributed by atoms with Crippen LogP contribution in [-0.2, 0) is 4.74 Å². The van der Waals surface area contributed by atoms with Crippen LogP contribution in [-0.4, -0.2) is 19.3 Å². The van der Waals surface area contributed by atoms with Crippen LogP contribution in [0.4, 0.5) is 0 Å². The Hall–Kier alpha value is -0.340. The third-order valence-corrected chi connectivity index (χ3v) is 3.37. The molecule has 0 saturated carbocycles. The number of hydrogen-bond donors (Lipinski definition) is 1. The largest absolute Gasteiger partial charge is 0.381 e. The molecule has 2 N–H and O–H groups in total. The fraction of sp³-hybridized carbons (Fsp3) is 0.833. The van der Waals surface area contributed by atoms with Crippen LogP contribution in [0.25, 0.3) is 0 Å². The Morgan fingerprint density at radius 1 is 1.50 bits per heavy atom. The highest BCUT2D eigenvalue weighted by atomic mass is 16.5. The predicted octanol–water partition coefficient (Wildman–Crippen LogP) is 2.10. The zero-order valence-electron chi connectivity index (χ0n) is 9.04. The average molecular weight is 195 g/mol. The van der Waals surface area contributed by atoms with Crippen molar-refractivity contribution in [1.82, 2.24) is 0 Å². The molecule has 1 fully saturated rings. The molecule has 3 atom stereocenters. The monoisotopic (exact) mass is 195 g/mol. The minimum atomic E-state index is 0.288. The van der Waals surface area contributed by atoms with Gasteiger partial charge in [-0.1, -0.05) is 18.6 Å². The molecule has 2 heteroatoms. The summed E-state index contributed by atoms with van der Waals surface area (Å²) in [5, 5.41) is 0. The summed E-state index contributed by atoms with van der Waals surface area (Å²) in [7, 11) is 0. The summed E-state index contributed by atoms with van der Waals surface area (Å²) in [6.45, 7) is 4.17. The minimum Gasteiger partial charge on any atom is -0.381 e. The van der Waals surface area contributed by atoms with Gasteiger partial charge < -0.3 is 10.5 Å². The summed E-state index contributed by atoms with van der Waals surface area (Å²) in [4.78, 5) is 0. The molecule has 2 rings (SSSR count). The lowest BCUT2D eigenvalue weighted by atomic mass is 9.80. The SMILES string of the molecule is CC1CC(C2CCCOC2)=CC(N)C1. The van der Waals surface area contributed by atoms with Gasteiger partial charge in [-0.15, -0.1) is 0 Å². The van der Waals surface area contributed by atoms with E-state index in [0.29, 0.717) is 5.92 Å². The normalized spacial score (nSPS) is 39.3. The van der Waals surface area contributed by atoms with E-state index in [9.17, 15) is 0 Å². The minimum absolute atomic E-state index is 0.288. The van der Waals surface area contributed by atoms with Crippen molar-refractivity contribution in [1.29, 1.82) is 0 Å². The topological polar surface area (TPSA) is 35.2 Å². The first-order valence-electron chi connectivity index (χ1n) is 5.79. The first kappa shape index (κ1) is 10.2. The Morgan fingerprint density at radius 3 is 3.00 bits per heavy atom. The number of rotatable bonds is 1. The fourth-order valence-corrected chi connectivity index (χ4v) is 2.70. The van der Waals surface area contributed by atoms with E-state index >= 15 is 0 Å². The number of hydrogen-bond acceptors (Lipinski definition) is 2. The molecule has 2 aliphatic rings. The molecule has 3 unspecified atom stereocenters. The second kappa shape index (κ2) is 4.45. The molecule has 0 aromatic heterocycles. The van der Waals surface area contributed by atoms with Crippen molar-refractivity contribution in [3.63, 3.8) is 0 Å². The summed E-state index contributed by atoms with van der Waals surface area (Å²) in [6.07, 6.45) is 7.19. The van der Waals surface area contributed by atoms with Gasteiger partial charge in [0.2, 0.25) is 0 Å². The third-order valence-electron chi connectivity index (χ3n) is 3.37. The summed E-state index contributed by atoms with van der Waals surface area (Å²) in [5.41, 5.74) is 7.57. The summed E-state index contributed by atoms with van der Waals surface area (Å²) in [5.74, 6) is 1.42. The Morgan fingerprint density at radius 2 is 2.36 bits per heavy atom. The molecule has 1 aliphatic heterocycles. The van der Waals surface area contributed by atoms with Gasteiger partial charge in [-0.05, 0) is 31.6 Å². The van der Waals surface area contributed by atoms with E-state index in [1.165, 1.54) is 19.3 Å². The second-order valence-electron chi connectivity index (χ2n) is 4.86. The van der Waals surface area contributed by atoms with E-state index in [2.05, 4.69) is 13.0 Å². The van der Waals surface area contributed by atoms with Crippen molar-refractivity contribution >= 4 is 0 Å². The van der Waals surface area contributed by atoms with Crippen molar-refractivity contribution < 1.29 is 4.74 Å². The number of nitrogens with two attached hydrogens (primary N) is 1. The van der Waals surface area contributed by atoms with Gasteiger partial charge >= 0.3 is 0 Å². The summed E-state index contributed by atoms with van der Waals surface area (Å²) in [6, 6.07) is 0.288. The standard InChI is InChI=1S/C12H21NO/c1-9-5-11(7-12(13)6-9)10-3-2-4-14-8-10/h7,9-10,12H,2-6,8,13H2,1H3. The van der Waals surface area contributed by atoms with Gasteiger partial charge in [0.25, 0.3) is 0 Å². The second-order valence-corrected chi connectivity index (χ2v) is 4.86. The quantitative estimate of drug-likeness (QED) is 0.650. The van der Waals surface area contributed by atoms with Crippen molar-refractivity contribution in [2.24, 2.45) is 17.6 Å². The maximum Gasteiger partial charge on any atom is 0.0531 e. The lowest BCUT2D eigenvalue weighted by Crippen LogP contribution is -2.29. The molecular formula is C12H21NO. The van der Waals surface area contributed by atoms with E-state index < -0.39 is 0 Å². The lowest BCUT2D eigenvalue weighted by Gasteiger charge is -2.31. The van der Waals surface area contributed by atoms with Gasteiger partial charge in [0.05, 0.1) is 6.61 Å². The average Bonchev–Trinajstić information content (AvgIpc) is 2.18. The molecule has 1 saturated heterocycles. The summed E-state index contributed by atoms with van der Waals surface area (Å²) >= 11 is 0.